The van der Waals surface area contributed by atoms with Crippen molar-refractivity contribution < 1.29 is 5.11 Å². The van der Waals surface area contributed by atoms with Gasteiger partial charge in [0.05, 0.1) is 15.1 Å². The Balaban J connectivity index is 3.78. The van der Waals surface area contributed by atoms with Crippen LogP contribution in [0.3, 0.4) is 0 Å². The van der Waals surface area contributed by atoms with Gasteiger partial charge in [-0.3, -0.25) is 0 Å². The molecule has 0 saturated heterocycles. The van der Waals surface area contributed by atoms with Crippen LogP contribution in [0.2, 0.25) is 15.1 Å². The summed E-state index contributed by atoms with van der Waals surface area (Å²) in [6, 6.07) is 3.26. The summed E-state index contributed by atoms with van der Waals surface area (Å²) in [4.78, 5) is 0. The molecule has 1 aromatic carbocycles. The summed E-state index contributed by atoms with van der Waals surface area (Å²) in [5.74, 6) is -0.547. The van der Waals surface area contributed by atoms with E-state index in [1.165, 1.54) is 0 Å². The maximum absolute atomic E-state index is 9.40. The largest absolute Gasteiger partial charge is 0.505 e. The smallest absolute Gasteiger partial charge is 0.154 e. The van der Waals surface area contributed by atoms with Crippen LogP contribution in [0.5, 0.6) is 5.75 Å². The standard InChI is InChI=1S/C8HCl3N2O/c9-5-3(1-12)8(14)4(2-13)6(10)7(5)11/h14H. The van der Waals surface area contributed by atoms with Crippen molar-refractivity contribution in [3.05, 3.63) is 26.2 Å². The molecule has 0 atom stereocenters. The molecule has 0 radical (unpaired) electrons. The maximum Gasteiger partial charge on any atom is 0.154 e. The van der Waals surface area contributed by atoms with E-state index in [2.05, 4.69) is 0 Å². The van der Waals surface area contributed by atoms with Crippen LogP contribution in [0, 0.1) is 22.7 Å². The zero-order valence-corrected chi connectivity index (χ0v) is 8.74. The van der Waals surface area contributed by atoms with Crippen molar-refractivity contribution >= 4 is 34.8 Å². The highest BCUT2D eigenvalue weighted by Gasteiger charge is 2.20. The number of hydrogen-bond donors (Lipinski definition) is 1. The Labute approximate surface area is 94.7 Å². The lowest BCUT2D eigenvalue weighted by Crippen LogP contribution is -1.88. The molecule has 0 spiro atoms. The Morgan fingerprint density at radius 3 is 1.50 bits per heavy atom. The second-order valence-electron chi connectivity index (χ2n) is 2.26. The Morgan fingerprint density at radius 1 is 0.857 bits per heavy atom. The Kier molecular flexibility index (Phi) is 3.08. The normalized spacial score (nSPS) is 9.21. The number of rotatable bonds is 0. The summed E-state index contributed by atoms with van der Waals surface area (Å²) in [6.45, 7) is 0. The molecular formula is C8HCl3N2O. The first-order chi connectivity index (χ1) is 6.54. The maximum atomic E-state index is 9.40. The summed E-state index contributed by atoms with van der Waals surface area (Å²) in [6.07, 6.45) is 0. The van der Waals surface area contributed by atoms with Gasteiger partial charge in [-0.25, -0.2) is 0 Å². The molecule has 0 bridgehead atoms. The van der Waals surface area contributed by atoms with E-state index in [0.717, 1.165) is 0 Å². The van der Waals surface area contributed by atoms with E-state index in [9.17, 15) is 5.11 Å². The van der Waals surface area contributed by atoms with Gasteiger partial charge in [-0.15, -0.1) is 0 Å². The predicted octanol–water partition coefficient (Wildman–Crippen LogP) is 3.10. The third kappa shape index (κ3) is 1.47. The first-order valence-electron chi connectivity index (χ1n) is 3.24. The SMILES string of the molecule is N#Cc1c(O)c(C#N)c(Cl)c(Cl)c1Cl. The lowest BCUT2D eigenvalue weighted by atomic mass is 10.1. The lowest BCUT2D eigenvalue weighted by molar-refractivity contribution is 0.472. The second kappa shape index (κ2) is 3.94. The highest BCUT2D eigenvalue weighted by atomic mass is 35.5. The van der Waals surface area contributed by atoms with Crippen molar-refractivity contribution in [2.24, 2.45) is 0 Å². The second-order valence-corrected chi connectivity index (χ2v) is 3.40. The van der Waals surface area contributed by atoms with Crippen LogP contribution in [0.1, 0.15) is 11.1 Å². The average Bonchev–Trinajstić information content (AvgIpc) is 2.16. The minimum absolute atomic E-state index is 0.112. The van der Waals surface area contributed by atoms with E-state index in [4.69, 9.17) is 45.3 Å². The monoisotopic (exact) mass is 246 g/mol. The third-order valence-corrected chi connectivity index (χ3v) is 2.85. The summed E-state index contributed by atoms with van der Waals surface area (Å²) in [5.41, 5.74) is -0.504. The van der Waals surface area contributed by atoms with Gasteiger partial charge >= 0.3 is 0 Å². The molecule has 1 rings (SSSR count). The van der Waals surface area contributed by atoms with Crippen LogP contribution >= 0.6 is 34.8 Å². The number of halogens is 3. The van der Waals surface area contributed by atoms with Crippen LogP contribution in [-0.4, -0.2) is 5.11 Å². The first-order valence-corrected chi connectivity index (χ1v) is 4.37. The van der Waals surface area contributed by atoms with Gasteiger partial charge in [0.1, 0.15) is 23.3 Å². The molecule has 0 heterocycles. The average molecular weight is 247 g/mol. The number of nitriles is 2. The van der Waals surface area contributed by atoms with E-state index in [-0.39, 0.29) is 26.2 Å². The summed E-state index contributed by atoms with van der Waals surface area (Å²) in [7, 11) is 0. The minimum Gasteiger partial charge on any atom is -0.505 e. The van der Waals surface area contributed by atoms with E-state index < -0.39 is 5.75 Å². The van der Waals surface area contributed by atoms with E-state index >= 15 is 0 Å². The Hall–Kier alpha value is -1.13. The molecule has 0 aliphatic heterocycles. The van der Waals surface area contributed by atoms with Crippen molar-refractivity contribution in [3.8, 4) is 17.9 Å². The molecule has 14 heavy (non-hydrogen) atoms. The van der Waals surface area contributed by atoms with E-state index in [1.807, 2.05) is 0 Å². The number of benzene rings is 1. The zero-order valence-electron chi connectivity index (χ0n) is 6.48. The molecule has 0 aliphatic carbocycles. The van der Waals surface area contributed by atoms with Crippen LogP contribution < -0.4 is 0 Å². The Morgan fingerprint density at radius 2 is 1.21 bits per heavy atom. The quantitative estimate of drug-likeness (QED) is 0.716. The van der Waals surface area contributed by atoms with Crippen molar-refractivity contribution in [1.82, 2.24) is 0 Å². The van der Waals surface area contributed by atoms with Gasteiger partial charge in [0.25, 0.3) is 0 Å². The van der Waals surface area contributed by atoms with Gasteiger partial charge in [0.15, 0.2) is 5.75 Å². The molecule has 3 nitrogen and oxygen atoms in total. The van der Waals surface area contributed by atoms with Crippen molar-refractivity contribution in [2.45, 2.75) is 0 Å². The fraction of sp³-hybridized carbons (Fsp3) is 0. The van der Waals surface area contributed by atoms with Gasteiger partial charge in [-0.1, -0.05) is 34.8 Å². The molecule has 0 aliphatic rings. The topological polar surface area (TPSA) is 67.8 Å². The number of phenolic OH excluding ortho intramolecular Hbond substituents is 1. The summed E-state index contributed by atoms with van der Waals surface area (Å²) < 4.78 is 0. The fourth-order valence-corrected chi connectivity index (χ4v) is 1.54. The molecule has 6 heteroatoms. The molecule has 1 aromatic rings. The molecule has 0 saturated carbocycles. The highest BCUT2D eigenvalue weighted by molar-refractivity contribution is 6.49. The van der Waals surface area contributed by atoms with Crippen molar-refractivity contribution in [1.29, 1.82) is 10.5 Å². The third-order valence-electron chi connectivity index (χ3n) is 1.52. The first kappa shape index (κ1) is 10.9. The number of nitrogens with zero attached hydrogens (tertiary/aromatic N) is 2. The number of aromatic hydroxyl groups is 1. The van der Waals surface area contributed by atoms with Crippen molar-refractivity contribution in [2.75, 3.05) is 0 Å². The van der Waals surface area contributed by atoms with Gasteiger partial charge in [-0.05, 0) is 0 Å². The zero-order chi connectivity index (χ0) is 10.9. The van der Waals surface area contributed by atoms with E-state index in [1.54, 1.807) is 12.1 Å². The van der Waals surface area contributed by atoms with Gasteiger partial charge < -0.3 is 5.11 Å². The number of phenols is 1. The van der Waals surface area contributed by atoms with Crippen LogP contribution in [0.4, 0.5) is 0 Å². The Bertz CT molecular complexity index is 444. The predicted molar refractivity (Wildman–Crippen MR) is 52.6 cm³/mol. The lowest BCUT2D eigenvalue weighted by Gasteiger charge is -2.06. The number of hydrogen-bond acceptors (Lipinski definition) is 3. The van der Waals surface area contributed by atoms with Crippen molar-refractivity contribution in [3.63, 3.8) is 0 Å². The summed E-state index contributed by atoms with van der Waals surface area (Å²) in [5, 5.41) is 26.2. The van der Waals surface area contributed by atoms with Gasteiger partial charge in [-0.2, -0.15) is 10.5 Å². The molecule has 0 unspecified atom stereocenters. The molecule has 0 aromatic heterocycles. The highest BCUT2D eigenvalue weighted by Crippen LogP contribution is 2.41. The molecule has 0 fully saturated rings. The molecule has 70 valence electrons. The molecular weight excluding hydrogens is 246 g/mol. The van der Waals surface area contributed by atoms with Gasteiger partial charge in [0, 0.05) is 0 Å². The van der Waals surface area contributed by atoms with E-state index in [0.29, 0.717) is 0 Å². The van der Waals surface area contributed by atoms with Crippen LogP contribution in [0.15, 0.2) is 0 Å². The molecule has 1 N–H and O–H groups in total. The van der Waals surface area contributed by atoms with Gasteiger partial charge in [0.2, 0.25) is 0 Å². The summed E-state index contributed by atoms with van der Waals surface area (Å²) >= 11 is 16.9. The molecule has 0 amide bonds. The minimum atomic E-state index is -0.547. The van der Waals surface area contributed by atoms with Crippen LogP contribution in [0.25, 0.3) is 0 Å². The fourth-order valence-electron chi connectivity index (χ4n) is 0.853. The van der Waals surface area contributed by atoms with Crippen LogP contribution in [-0.2, 0) is 0 Å².